The van der Waals surface area contributed by atoms with Crippen molar-refractivity contribution in [3.8, 4) is 0 Å². The second-order valence-corrected chi connectivity index (χ2v) is 4.09. The molecule has 0 aliphatic rings. The van der Waals surface area contributed by atoms with Crippen molar-refractivity contribution < 1.29 is 5.11 Å². The third-order valence-electron chi connectivity index (χ3n) is 2.48. The highest BCUT2D eigenvalue weighted by Gasteiger charge is 2.12. The van der Waals surface area contributed by atoms with Crippen LogP contribution in [0.3, 0.4) is 0 Å². The maximum absolute atomic E-state index is 9.38. The summed E-state index contributed by atoms with van der Waals surface area (Å²) in [6, 6.07) is 7.83. The summed E-state index contributed by atoms with van der Waals surface area (Å²) in [6.07, 6.45) is -0.502. The maximum atomic E-state index is 9.38. The predicted octanol–water partition coefficient (Wildman–Crippen LogP) is 2.19. The fraction of sp³-hybridized carbons (Fsp3) is 0.500. The average Bonchev–Trinajstić information content (AvgIpc) is 2.16. The van der Waals surface area contributed by atoms with Gasteiger partial charge in [0.25, 0.3) is 0 Å². The Balaban J connectivity index is 2.93. The Morgan fingerprint density at radius 2 is 1.71 bits per heavy atom. The minimum Gasteiger partial charge on any atom is -0.391 e. The van der Waals surface area contributed by atoms with Crippen molar-refractivity contribution in [2.75, 3.05) is 0 Å². The molecule has 0 saturated heterocycles. The molecule has 3 N–H and O–H groups in total. The molecule has 14 heavy (non-hydrogen) atoms. The minimum atomic E-state index is -0.502. The molecule has 0 spiro atoms. The summed E-state index contributed by atoms with van der Waals surface area (Å²) in [5.41, 5.74) is 8.13. The highest BCUT2D eigenvalue weighted by Crippen LogP contribution is 2.20. The molecule has 1 aromatic rings. The Bertz CT molecular complexity index is 294. The number of aliphatic hydroxyl groups excluding tert-OH is 1. The number of benzene rings is 1. The van der Waals surface area contributed by atoms with Gasteiger partial charge in [0.2, 0.25) is 0 Å². The van der Waals surface area contributed by atoms with Crippen molar-refractivity contribution in [3.05, 3.63) is 35.4 Å². The van der Waals surface area contributed by atoms with Crippen molar-refractivity contribution in [2.45, 2.75) is 38.8 Å². The van der Waals surface area contributed by atoms with E-state index < -0.39 is 6.10 Å². The van der Waals surface area contributed by atoms with E-state index in [1.165, 1.54) is 5.56 Å². The van der Waals surface area contributed by atoms with Gasteiger partial charge in [-0.05, 0) is 24.0 Å². The van der Waals surface area contributed by atoms with Crippen molar-refractivity contribution >= 4 is 0 Å². The van der Waals surface area contributed by atoms with Gasteiger partial charge in [-0.25, -0.2) is 0 Å². The molecule has 0 radical (unpaired) electrons. The van der Waals surface area contributed by atoms with E-state index in [2.05, 4.69) is 26.0 Å². The Labute approximate surface area is 85.8 Å². The quantitative estimate of drug-likeness (QED) is 0.773. The summed E-state index contributed by atoms with van der Waals surface area (Å²) in [7, 11) is 0. The van der Waals surface area contributed by atoms with Gasteiger partial charge in [0.05, 0.1) is 12.1 Å². The van der Waals surface area contributed by atoms with Crippen LogP contribution in [0, 0.1) is 0 Å². The maximum Gasteiger partial charge on any atom is 0.0704 e. The number of hydrogen-bond acceptors (Lipinski definition) is 2. The molecular weight excluding hydrogens is 174 g/mol. The first-order valence-electron chi connectivity index (χ1n) is 5.06. The van der Waals surface area contributed by atoms with E-state index in [1.807, 2.05) is 12.1 Å². The molecule has 0 saturated carbocycles. The highest BCUT2D eigenvalue weighted by atomic mass is 16.3. The van der Waals surface area contributed by atoms with E-state index in [0.29, 0.717) is 5.92 Å². The van der Waals surface area contributed by atoms with Gasteiger partial charge in [0.15, 0.2) is 0 Å². The molecule has 0 aliphatic heterocycles. The van der Waals surface area contributed by atoms with Gasteiger partial charge < -0.3 is 10.8 Å². The average molecular weight is 193 g/mol. The molecule has 0 heterocycles. The topological polar surface area (TPSA) is 46.2 Å². The molecule has 2 nitrogen and oxygen atoms in total. The third-order valence-corrected chi connectivity index (χ3v) is 2.48. The fourth-order valence-corrected chi connectivity index (χ4v) is 1.40. The Kier molecular flexibility index (Phi) is 3.67. The summed E-state index contributed by atoms with van der Waals surface area (Å²) < 4.78 is 0. The number of hydrogen-bond donors (Lipinski definition) is 2. The van der Waals surface area contributed by atoms with Crippen molar-refractivity contribution in [3.63, 3.8) is 0 Å². The zero-order valence-corrected chi connectivity index (χ0v) is 9.07. The molecule has 2 atom stereocenters. The second kappa shape index (κ2) is 4.58. The van der Waals surface area contributed by atoms with Crippen LogP contribution in [0.25, 0.3) is 0 Å². The van der Waals surface area contributed by atoms with Crippen LogP contribution >= 0.6 is 0 Å². The lowest BCUT2D eigenvalue weighted by Crippen LogP contribution is -2.23. The van der Waals surface area contributed by atoms with Gasteiger partial charge >= 0.3 is 0 Å². The van der Waals surface area contributed by atoms with E-state index in [1.54, 1.807) is 6.92 Å². The van der Waals surface area contributed by atoms with E-state index in [-0.39, 0.29) is 6.04 Å². The standard InChI is InChI=1S/C12H19NO/c1-8(2)10-5-4-6-11(7-10)12(13)9(3)14/h4-9,12,14H,13H2,1-3H3/t9?,12-/m0/s1. The van der Waals surface area contributed by atoms with Crippen LogP contribution in [0.15, 0.2) is 24.3 Å². The summed E-state index contributed by atoms with van der Waals surface area (Å²) in [5, 5.41) is 9.38. The molecule has 0 bridgehead atoms. The largest absolute Gasteiger partial charge is 0.391 e. The minimum absolute atomic E-state index is 0.284. The van der Waals surface area contributed by atoms with E-state index >= 15 is 0 Å². The monoisotopic (exact) mass is 193 g/mol. The molecule has 78 valence electrons. The molecule has 0 amide bonds. The van der Waals surface area contributed by atoms with E-state index in [0.717, 1.165) is 5.56 Å². The molecule has 1 rings (SSSR count). The first kappa shape index (κ1) is 11.2. The van der Waals surface area contributed by atoms with Crippen LogP contribution in [0.5, 0.6) is 0 Å². The van der Waals surface area contributed by atoms with Crippen LogP contribution in [-0.4, -0.2) is 11.2 Å². The van der Waals surface area contributed by atoms with Crippen LogP contribution in [0.4, 0.5) is 0 Å². The van der Waals surface area contributed by atoms with E-state index in [4.69, 9.17) is 5.73 Å². The Morgan fingerprint density at radius 3 is 2.21 bits per heavy atom. The summed E-state index contributed by atoms with van der Waals surface area (Å²) in [5.74, 6) is 0.496. The van der Waals surface area contributed by atoms with Gasteiger partial charge in [-0.3, -0.25) is 0 Å². The molecule has 0 aromatic heterocycles. The Hall–Kier alpha value is -0.860. The summed E-state index contributed by atoms with van der Waals surface area (Å²) >= 11 is 0. The normalized spacial score (nSPS) is 15.6. The van der Waals surface area contributed by atoms with Gasteiger partial charge in [-0.1, -0.05) is 38.1 Å². The molecule has 1 aromatic carbocycles. The number of nitrogens with two attached hydrogens (primary N) is 1. The van der Waals surface area contributed by atoms with Crippen LogP contribution in [-0.2, 0) is 0 Å². The SMILES string of the molecule is CC(C)c1cccc([C@@H](N)C(C)O)c1. The lowest BCUT2D eigenvalue weighted by Gasteiger charge is -2.16. The van der Waals surface area contributed by atoms with Crippen LogP contribution in [0.2, 0.25) is 0 Å². The van der Waals surface area contributed by atoms with Gasteiger partial charge in [0.1, 0.15) is 0 Å². The Morgan fingerprint density at radius 1 is 1.14 bits per heavy atom. The predicted molar refractivity (Wildman–Crippen MR) is 59.1 cm³/mol. The fourth-order valence-electron chi connectivity index (χ4n) is 1.40. The first-order valence-corrected chi connectivity index (χ1v) is 5.06. The van der Waals surface area contributed by atoms with Crippen LogP contribution in [0.1, 0.15) is 43.9 Å². The molecule has 0 aliphatic carbocycles. The lowest BCUT2D eigenvalue weighted by atomic mass is 9.96. The number of rotatable bonds is 3. The van der Waals surface area contributed by atoms with Crippen molar-refractivity contribution in [2.24, 2.45) is 5.73 Å². The third kappa shape index (κ3) is 2.56. The second-order valence-electron chi connectivity index (χ2n) is 4.09. The zero-order valence-electron chi connectivity index (χ0n) is 9.07. The van der Waals surface area contributed by atoms with Gasteiger partial charge in [0, 0.05) is 0 Å². The lowest BCUT2D eigenvalue weighted by molar-refractivity contribution is 0.164. The highest BCUT2D eigenvalue weighted by molar-refractivity contribution is 5.28. The van der Waals surface area contributed by atoms with E-state index in [9.17, 15) is 5.11 Å². The van der Waals surface area contributed by atoms with Crippen molar-refractivity contribution in [1.29, 1.82) is 0 Å². The first-order chi connectivity index (χ1) is 6.52. The summed E-state index contributed by atoms with van der Waals surface area (Å²) in [4.78, 5) is 0. The van der Waals surface area contributed by atoms with Gasteiger partial charge in [-0.15, -0.1) is 0 Å². The van der Waals surface area contributed by atoms with Crippen molar-refractivity contribution in [1.82, 2.24) is 0 Å². The molecular formula is C12H19NO. The van der Waals surface area contributed by atoms with Gasteiger partial charge in [-0.2, -0.15) is 0 Å². The smallest absolute Gasteiger partial charge is 0.0704 e. The number of aliphatic hydroxyl groups is 1. The molecule has 1 unspecified atom stereocenters. The molecule has 2 heteroatoms. The molecule has 0 fully saturated rings. The van der Waals surface area contributed by atoms with Crippen LogP contribution < -0.4 is 5.73 Å². The zero-order chi connectivity index (χ0) is 10.7. The summed E-state index contributed by atoms with van der Waals surface area (Å²) in [6.45, 7) is 6.01.